The molecule has 0 aromatic heterocycles. The predicted molar refractivity (Wildman–Crippen MR) is 60.6 cm³/mol. The molecule has 0 saturated heterocycles. The number of benzene rings is 1. The summed E-state index contributed by atoms with van der Waals surface area (Å²) in [6.45, 7) is 3.17. The molecule has 0 radical (unpaired) electrons. The molecular formula is C11H17BrN+. The average molecular weight is 243 g/mol. The van der Waals surface area contributed by atoms with Crippen molar-refractivity contribution < 1.29 is 4.48 Å². The smallest absolute Gasteiger partial charge is 0.105 e. The van der Waals surface area contributed by atoms with Gasteiger partial charge in [0.05, 0.1) is 21.1 Å². The molecule has 1 aromatic carbocycles. The van der Waals surface area contributed by atoms with Crippen LogP contribution in [0, 0.1) is 6.92 Å². The van der Waals surface area contributed by atoms with E-state index in [0.717, 1.165) is 11.0 Å². The van der Waals surface area contributed by atoms with Gasteiger partial charge in [0, 0.05) is 10.0 Å². The Morgan fingerprint density at radius 3 is 2.31 bits per heavy atom. The number of hydrogen-bond acceptors (Lipinski definition) is 0. The van der Waals surface area contributed by atoms with Crippen molar-refractivity contribution in [1.82, 2.24) is 0 Å². The van der Waals surface area contributed by atoms with Gasteiger partial charge in [-0.15, -0.1) is 0 Å². The zero-order chi connectivity index (χ0) is 10.1. The maximum atomic E-state index is 3.59. The first-order valence-electron chi connectivity index (χ1n) is 4.44. The van der Waals surface area contributed by atoms with Crippen molar-refractivity contribution >= 4 is 15.9 Å². The van der Waals surface area contributed by atoms with Crippen LogP contribution in [0.3, 0.4) is 0 Å². The molecule has 72 valence electrons. The van der Waals surface area contributed by atoms with Crippen molar-refractivity contribution in [3.05, 3.63) is 33.8 Å². The van der Waals surface area contributed by atoms with E-state index in [1.807, 2.05) is 0 Å². The van der Waals surface area contributed by atoms with Crippen LogP contribution in [0.1, 0.15) is 11.1 Å². The summed E-state index contributed by atoms with van der Waals surface area (Å²) < 4.78 is 2.18. The number of rotatable bonds is 2. The highest BCUT2D eigenvalue weighted by atomic mass is 79.9. The molecule has 1 rings (SSSR count). The molecule has 0 aliphatic rings. The molecule has 1 aromatic rings. The van der Waals surface area contributed by atoms with E-state index in [-0.39, 0.29) is 0 Å². The quantitative estimate of drug-likeness (QED) is 0.700. The van der Waals surface area contributed by atoms with Crippen LogP contribution < -0.4 is 0 Å². The summed E-state index contributed by atoms with van der Waals surface area (Å²) in [6, 6.07) is 6.53. The minimum atomic E-state index is 0.960. The van der Waals surface area contributed by atoms with E-state index in [0.29, 0.717) is 0 Å². The van der Waals surface area contributed by atoms with Crippen molar-refractivity contribution in [2.45, 2.75) is 13.5 Å². The first-order chi connectivity index (χ1) is 5.88. The number of halogens is 1. The first kappa shape index (κ1) is 10.7. The molecule has 0 aliphatic heterocycles. The zero-order valence-corrected chi connectivity index (χ0v) is 10.4. The molecule has 0 saturated carbocycles. The molecule has 0 atom stereocenters. The number of nitrogens with zero attached hydrogens (tertiary/aromatic N) is 1. The largest absolute Gasteiger partial charge is 0.327 e. The molecule has 0 unspecified atom stereocenters. The van der Waals surface area contributed by atoms with Gasteiger partial charge in [0.1, 0.15) is 6.54 Å². The standard InChI is InChI=1S/C11H17BrN/c1-9-5-6-10(11(12)7-9)8-13(2,3)4/h5-7H,8H2,1-4H3/q+1. The Morgan fingerprint density at radius 1 is 1.23 bits per heavy atom. The highest BCUT2D eigenvalue weighted by Crippen LogP contribution is 2.20. The molecule has 1 nitrogen and oxygen atoms in total. The minimum absolute atomic E-state index is 0.960. The molecule has 0 bridgehead atoms. The Bertz CT molecular complexity index is 299. The number of hydrogen-bond donors (Lipinski definition) is 0. The van der Waals surface area contributed by atoms with Crippen LogP contribution in [-0.4, -0.2) is 25.6 Å². The van der Waals surface area contributed by atoms with E-state index in [1.165, 1.54) is 15.6 Å². The highest BCUT2D eigenvalue weighted by molar-refractivity contribution is 9.10. The number of quaternary nitrogens is 1. The lowest BCUT2D eigenvalue weighted by atomic mass is 10.1. The van der Waals surface area contributed by atoms with Crippen LogP contribution in [0.15, 0.2) is 22.7 Å². The zero-order valence-electron chi connectivity index (χ0n) is 8.76. The van der Waals surface area contributed by atoms with Gasteiger partial charge in [0.15, 0.2) is 0 Å². The van der Waals surface area contributed by atoms with Crippen LogP contribution in [0.2, 0.25) is 0 Å². The fourth-order valence-electron chi connectivity index (χ4n) is 1.29. The maximum absolute atomic E-state index is 3.59. The Hall–Kier alpha value is -0.340. The van der Waals surface area contributed by atoms with Crippen LogP contribution in [0.4, 0.5) is 0 Å². The Labute approximate surface area is 89.1 Å². The number of aryl methyl sites for hydroxylation is 1. The summed E-state index contributed by atoms with van der Waals surface area (Å²) >= 11 is 3.59. The van der Waals surface area contributed by atoms with Gasteiger partial charge in [0.25, 0.3) is 0 Å². The first-order valence-corrected chi connectivity index (χ1v) is 5.23. The van der Waals surface area contributed by atoms with E-state index < -0.39 is 0 Å². The molecule has 13 heavy (non-hydrogen) atoms. The summed E-state index contributed by atoms with van der Waals surface area (Å²) in [5, 5.41) is 0. The summed E-state index contributed by atoms with van der Waals surface area (Å²) in [5.41, 5.74) is 2.68. The van der Waals surface area contributed by atoms with E-state index in [2.05, 4.69) is 62.2 Å². The van der Waals surface area contributed by atoms with Crippen LogP contribution in [0.5, 0.6) is 0 Å². The van der Waals surface area contributed by atoms with Gasteiger partial charge >= 0.3 is 0 Å². The monoisotopic (exact) mass is 242 g/mol. The summed E-state index contributed by atoms with van der Waals surface area (Å²) in [5.74, 6) is 0. The topological polar surface area (TPSA) is 0 Å². The van der Waals surface area contributed by atoms with Crippen molar-refractivity contribution in [3.8, 4) is 0 Å². The van der Waals surface area contributed by atoms with Crippen molar-refractivity contribution in [3.63, 3.8) is 0 Å². The van der Waals surface area contributed by atoms with Gasteiger partial charge in [-0.2, -0.15) is 0 Å². The fourth-order valence-corrected chi connectivity index (χ4v) is 1.91. The van der Waals surface area contributed by atoms with Crippen molar-refractivity contribution in [2.75, 3.05) is 21.1 Å². The van der Waals surface area contributed by atoms with Crippen LogP contribution >= 0.6 is 15.9 Å². The highest BCUT2D eigenvalue weighted by Gasteiger charge is 2.10. The van der Waals surface area contributed by atoms with Crippen LogP contribution in [-0.2, 0) is 6.54 Å². The van der Waals surface area contributed by atoms with Gasteiger partial charge < -0.3 is 4.48 Å². The minimum Gasteiger partial charge on any atom is -0.327 e. The second-order valence-corrected chi connectivity index (χ2v) is 5.40. The Morgan fingerprint density at radius 2 is 1.85 bits per heavy atom. The van der Waals surface area contributed by atoms with Crippen molar-refractivity contribution in [2.24, 2.45) is 0 Å². The summed E-state index contributed by atoms with van der Waals surface area (Å²) in [7, 11) is 6.60. The fraction of sp³-hybridized carbons (Fsp3) is 0.455. The van der Waals surface area contributed by atoms with Gasteiger partial charge in [-0.1, -0.05) is 28.1 Å². The Kier molecular flexibility index (Phi) is 3.14. The Balaban J connectivity index is 2.90. The van der Waals surface area contributed by atoms with Crippen molar-refractivity contribution in [1.29, 1.82) is 0 Å². The van der Waals surface area contributed by atoms with E-state index in [4.69, 9.17) is 0 Å². The molecular weight excluding hydrogens is 226 g/mol. The average Bonchev–Trinajstić information content (AvgIpc) is 1.93. The van der Waals surface area contributed by atoms with Crippen LogP contribution in [0.25, 0.3) is 0 Å². The lowest BCUT2D eigenvalue weighted by Crippen LogP contribution is -2.33. The molecule has 0 fully saturated rings. The summed E-state index contributed by atoms with van der Waals surface area (Å²) in [4.78, 5) is 0. The lowest BCUT2D eigenvalue weighted by Gasteiger charge is -2.24. The van der Waals surface area contributed by atoms with Gasteiger partial charge in [-0.25, -0.2) is 0 Å². The lowest BCUT2D eigenvalue weighted by molar-refractivity contribution is -0.884. The summed E-state index contributed by atoms with van der Waals surface area (Å²) in [6.07, 6.45) is 0. The van der Waals surface area contributed by atoms with E-state index in [9.17, 15) is 0 Å². The third kappa shape index (κ3) is 3.49. The molecule has 0 amide bonds. The molecule has 0 spiro atoms. The third-order valence-electron chi connectivity index (χ3n) is 1.85. The van der Waals surface area contributed by atoms with E-state index in [1.54, 1.807) is 0 Å². The molecule has 0 heterocycles. The second-order valence-electron chi connectivity index (χ2n) is 4.54. The third-order valence-corrected chi connectivity index (χ3v) is 2.59. The van der Waals surface area contributed by atoms with Gasteiger partial charge in [-0.05, 0) is 18.6 Å². The van der Waals surface area contributed by atoms with Gasteiger partial charge in [0.2, 0.25) is 0 Å². The van der Waals surface area contributed by atoms with Gasteiger partial charge in [-0.3, -0.25) is 0 Å². The predicted octanol–water partition coefficient (Wildman–Crippen LogP) is 2.96. The van der Waals surface area contributed by atoms with E-state index >= 15 is 0 Å². The second kappa shape index (κ2) is 3.81. The molecule has 0 aliphatic carbocycles. The SMILES string of the molecule is Cc1ccc(C[N+](C)(C)C)c(Br)c1. The molecule has 0 N–H and O–H groups in total. The molecule has 2 heteroatoms. The maximum Gasteiger partial charge on any atom is 0.105 e. The normalized spacial score (nSPS) is 11.8.